The lowest BCUT2D eigenvalue weighted by Gasteiger charge is -2.20. The van der Waals surface area contributed by atoms with E-state index in [2.05, 4.69) is 4.74 Å². The highest BCUT2D eigenvalue weighted by molar-refractivity contribution is 6.32. The third-order valence-electron chi connectivity index (χ3n) is 3.32. The molecule has 5 nitrogen and oxygen atoms in total. The summed E-state index contributed by atoms with van der Waals surface area (Å²) in [6.45, 7) is 1.28. The molecule has 0 unspecified atom stereocenters. The van der Waals surface area contributed by atoms with Crippen molar-refractivity contribution in [1.29, 1.82) is 0 Å². The average molecular weight is 335 g/mol. The molecule has 0 aliphatic carbocycles. The third kappa shape index (κ3) is 3.51. The number of benzene rings is 2. The van der Waals surface area contributed by atoms with Gasteiger partial charge in [-0.3, -0.25) is 0 Å². The minimum absolute atomic E-state index is 0.293. The van der Waals surface area contributed by atoms with Crippen molar-refractivity contribution in [3.05, 3.63) is 52.5 Å². The molecule has 1 aliphatic rings. The molecule has 2 aromatic rings. The maximum Gasteiger partial charge on any atom is 0.337 e. The lowest BCUT2D eigenvalue weighted by Crippen LogP contribution is -2.16. The maximum atomic E-state index is 11.5. The van der Waals surface area contributed by atoms with E-state index < -0.39 is 5.97 Å². The van der Waals surface area contributed by atoms with Crippen LogP contribution in [-0.4, -0.2) is 26.3 Å². The monoisotopic (exact) mass is 334 g/mol. The van der Waals surface area contributed by atoms with Gasteiger partial charge < -0.3 is 18.9 Å². The van der Waals surface area contributed by atoms with Crippen LogP contribution in [0.5, 0.6) is 17.2 Å². The molecule has 1 aliphatic heterocycles. The number of ether oxygens (including phenoxy) is 4. The lowest BCUT2D eigenvalue weighted by atomic mass is 10.2. The van der Waals surface area contributed by atoms with Crippen molar-refractivity contribution >= 4 is 17.6 Å². The molecule has 1 heterocycles. The number of carbonyl (C=O) groups excluding carboxylic acids is 1. The van der Waals surface area contributed by atoms with Gasteiger partial charge in [0.1, 0.15) is 25.6 Å². The maximum absolute atomic E-state index is 11.5. The molecule has 0 N–H and O–H groups in total. The summed E-state index contributed by atoms with van der Waals surface area (Å²) in [6.07, 6.45) is 0. The number of carbonyl (C=O) groups is 1. The fourth-order valence-electron chi connectivity index (χ4n) is 2.24. The summed E-state index contributed by atoms with van der Waals surface area (Å²) >= 11 is 6.19. The predicted octanol–water partition coefficient (Wildman–Crippen LogP) is 3.48. The van der Waals surface area contributed by atoms with E-state index in [1.54, 1.807) is 30.3 Å². The molecule has 6 heteroatoms. The normalized spacial score (nSPS) is 12.6. The number of rotatable bonds is 4. The smallest absolute Gasteiger partial charge is 0.337 e. The van der Waals surface area contributed by atoms with Crippen molar-refractivity contribution in [2.75, 3.05) is 20.3 Å². The van der Waals surface area contributed by atoms with E-state index in [-0.39, 0.29) is 0 Å². The number of hydrogen-bond donors (Lipinski definition) is 0. The van der Waals surface area contributed by atoms with E-state index >= 15 is 0 Å². The second-order valence-electron chi connectivity index (χ2n) is 4.91. The summed E-state index contributed by atoms with van der Waals surface area (Å²) in [7, 11) is 1.34. The molecular weight excluding hydrogens is 320 g/mol. The van der Waals surface area contributed by atoms with Crippen molar-refractivity contribution in [1.82, 2.24) is 0 Å². The highest BCUT2D eigenvalue weighted by atomic mass is 35.5. The minimum Gasteiger partial charge on any atom is -0.489 e. The zero-order valence-electron chi connectivity index (χ0n) is 12.5. The van der Waals surface area contributed by atoms with Gasteiger partial charge in [0.25, 0.3) is 0 Å². The Bertz CT molecular complexity index is 729. The summed E-state index contributed by atoms with van der Waals surface area (Å²) in [6, 6.07) is 10.4. The molecule has 0 bridgehead atoms. The fourth-order valence-corrected chi connectivity index (χ4v) is 2.53. The van der Waals surface area contributed by atoms with E-state index in [0.29, 0.717) is 47.7 Å². The van der Waals surface area contributed by atoms with Gasteiger partial charge in [0.15, 0.2) is 11.5 Å². The second-order valence-corrected chi connectivity index (χ2v) is 5.32. The van der Waals surface area contributed by atoms with Gasteiger partial charge in [-0.1, -0.05) is 17.7 Å². The Balaban J connectivity index is 1.73. The molecule has 23 heavy (non-hydrogen) atoms. The molecule has 120 valence electrons. The minimum atomic E-state index is -0.405. The van der Waals surface area contributed by atoms with Crippen LogP contribution in [0.4, 0.5) is 0 Å². The van der Waals surface area contributed by atoms with Gasteiger partial charge in [0, 0.05) is 0 Å². The number of hydrogen-bond acceptors (Lipinski definition) is 5. The first kappa shape index (κ1) is 15.5. The lowest BCUT2D eigenvalue weighted by molar-refractivity contribution is 0.0600. The number of halogens is 1. The van der Waals surface area contributed by atoms with E-state index in [4.69, 9.17) is 25.8 Å². The first-order valence-electron chi connectivity index (χ1n) is 7.06. The zero-order chi connectivity index (χ0) is 16.2. The first-order valence-corrected chi connectivity index (χ1v) is 7.44. The predicted molar refractivity (Wildman–Crippen MR) is 84.6 cm³/mol. The first-order chi connectivity index (χ1) is 11.2. The summed E-state index contributed by atoms with van der Waals surface area (Å²) in [4.78, 5) is 11.5. The van der Waals surface area contributed by atoms with Gasteiger partial charge in [-0.15, -0.1) is 0 Å². The molecule has 0 spiro atoms. The summed E-state index contributed by atoms with van der Waals surface area (Å²) in [5, 5.41) is 0.490. The van der Waals surface area contributed by atoms with Gasteiger partial charge >= 0.3 is 5.97 Å². The number of fused-ring (bicyclic) bond motifs is 1. The van der Waals surface area contributed by atoms with Crippen LogP contribution in [0.3, 0.4) is 0 Å². The van der Waals surface area contributed by atoms with Crippen molar-refractivity contribution in [3.63, 3.8) is 0 Å². The molecule has 0 amide bonds. The van der Waals surface area contributed by atoms with Crippen LogP contribution < -0.4 is 14.2 Å². The SMILES string of the molecule is COC(=O)c1cccc(OCc2cc(Cl)c3c(c2)OCCO3)c1. The van der Waals surface area contributed by atoms with Crippen LogP contribution in [0.1, 0.15) is 15.9 Å². The highest BCUT2D eigenvalue weighted by Gasteiger charge is 2.17. The van der Waals surface area contributed by atoms with Crippen LogP contribution >= 0.6 is 11.6 Å². The van der Waals surface area contributed by atoms with Gasteiger partial charge in [0.2, 0.25) is 0 Å². The van der Waals surface area contributed by atoms with Crippen LogP contribution in [0.2, 0.25) is 5.02 Å². The fraction of sp³-hybridized carbons (Fsp3) is 0.235. The molecule has 0 saturated heterocycles. The Hall–Kier alpha value is -2.40. The molecule has 0 aromatic heterocycles. The second kappa shape index (κ2) is 6.79. The highest BCUT2D eigenvalue weighted by Crippen LogP contribution is 2.38. The van der Waals surface area contributed by atoms with Gasteiger partial charge in [0.05, 0.1) is 17.7 Å². The molecule has 3 rings (SSSR count). The van der Waals surface area contributed by atoms with E-state index in [1.165, 1.54) is 7.11 Å². The number of esters is 1. The van der Waals surface area contributed by atoms with Crippen molar-refractivity contribution in [3.8, 4) is 17.2 Å². The van der Waals surface area contributed by atoms with Crippen LogP contribution in [-0.2, 0) is 11.3 Å². The quantitative estimate of drug-likeness (QED) is 0.801. The number of methoxy groups -OCH3 is 1. The van der Waals surface area contributed by atoms with Crippen LogP contribution in [0.25, 0.3) is 0 Å². The molecule has 0 saturated carbocycles. The van der Waals surface area contributed by atoms with Crippen LogP contribution in [0, 0.1) is 0 Å². The largest absolute Gasteiger partial charge is 0.489 e. The van der Waals surface area contributed by atoms with Crippen molar-refractivity contribution in [2.45, 2.75) is 6.61 Å². The Morgan fingerprint density at radius 2 is 2.04 bits per heavy atom. The van der Waals surface area contributed by atoms with E-state index in [9.17, 15) is 4.79 Å². The van der Waals surface area contributed by atoms with Crippen LogP contribution in [0.15, 0.2) is 36.4 Å². The van der Waals surface area contributed by atoms with E-state index in [1.807, 2.05) is 6.07 Å². The molecular formula is C17H15ClO5. The summed E-state index contributed by atoms with van der Waals surface area (Å²) in [5.41, 5.74) is 1.29. The van der Waals surface area contributed by atoms with Gasteiger partial charge in [-0.2, -0.15) is 0 Å². The summed E-state index contributed by atoms with van der Waals surface area (Å²) < 4.78 is 21.4. The molecule has 2 aromatic carbocycles. The standard InChI is InChI=1S/C17H15ClO5/c1-20-17(19)12-3-2-4-13(9-12)23-10-11-7-14(18)16-15(8-11)21-5-6-22-16/h2-4,7-9H,5-6,10H2,1H3. The Morgan fingerprint density at radius 3 is 2.87 bits per heavy atom. The topological polar surface area (TPSA) is 54.0 Å². The van der Waals surface area contributed by atoms with Gasteiger partial charge in [-0.25, -0.2) is 4.79 Å². The molecule has 0 fully saturated rings. The van der Waals surface area contributed by atoms with Crippen molar-refractivity contribution < 1.29 is 23.7 Å². The molecule has 0 atom stereocenters. The average Bonchev–Trinajstić information content (AvgIpc) is 2.59. The third-order valence-corrected chi connectivity index (χ3v) is 3.60. The van der Waals surface area contributed by atoms with E-state index in [0.717, 1.165) is 5.56 Å². The zero-order valence-corrected chi connectivity index (χ0v) is 13.3. The Morgan fingerprint density at radius 1 is 1.22 bits per heavy atom. The Kier molecular flexibility index (Phi) is 4.57. The molecule has 0 radical (unpaired) electrons. The van der Waals surface area contributed by atoms with Crippen molar-refractivity contribution in [2.24, 2.45) is 0 Å². The summed E-state index contributed by atoms with van der Waals surface area (Å²) in [5.74, 6) is 1.34. The Labute approximate surface area is 138 Å². The van der Waals surface area contributed by atoms with Gasteiger partial charge in [-0.05, 0) is 35.9 Å².